The molecule has 0 atom stereocenters. The lowest BCUT2D eigenvalue weighted by Crippen LogP contribution is -2.19. The minimum atomic E-state index is -0.318. The summed E-state index contributed by atoms with van der Waals surface area (Å²) in [6.45, 7) is 4.42. The first-order valence-electron chi connectivity index (χ1n) is 7.57. The Morgan fingerprint density at radius 3 is 2.50 bits per heavy atom. The first-order valence-corrected chi connectivity index (χ1v) is 7.95. The van der Waals surface area contributed by atoms with Crippen LogP contribution in [0.25, 0.3) is 0 Å². The quantitative estimate of drug-likeness (QED) is 0.613. The molecule has 0 aromatic heterocycles. The average Bonchev–Trinajstić information content (AvgIpc) is 2.60. The first kappa shape index (κ1) is 17.8. The molecule has 126 valence electrons. The summed E-state index contributed by atoms with van der Waals surface area (Å²) < 4.78 is 5.47. The number of hydrogen-bond donors (Lipinski definition) is 2. The van der Waals surface area contributed by atoms with Crippen LogP contribution in [0.1, 0.15) is 36.2 Å². The van der Waals surface area contributed by atoms with Crippen molar-refractivity contribution < 1.29 is 14.6 Å². The van der Waals surface area contributed by atoms with Crippen LogP contribution in [0.2, 0.25) is 5.02 Å². The second-order valence-corrected chi connectivity index (χ2v) is 5.58. The van der Waals surface area contributed by atoms with Crippen molar-refractivity contribution in [3.05, 3.63) is 58.6 Å². The monoisotopic (exact) mass is 346 g/mol. The van der Waals surface area contributed by atoms with E-state index in [0.29, 0.717) is 23.4 Å². The van der Waals surface area contributed by atoms with Gasteiger partial charge in [-0.15, -0.1) is 0 Å². The normalized spacial score (nSPS) is 11.2. The van der Waals surface area contributed by atoms with Gasteiger partial charge in [-0.1, -0.05) is 18.5 Å². The predicted molar refractivity (Wildman–Crippen MR) is 95.0 cm³/mol. The summed E-state index contributed by atoms with van der Waals surface area (Å²) in [5, 5.41) is 13.7. The van der Waals surface area contributed by atoms with Crippen molar-refractivity contribution in [2.24, 2.45) is 5.10 Å². The van der Waals surface area contributed by atoms with E-state index >= 15 is 0 Å². The highest BCUT2D eigenvalue weighted by atomic mass is 35.5. The summed E-state index contributed by atoms with van der Waals surface area (Å²) in [5.74, 6) is 0.413. The molecule has 24 heavy (non-hydrogen) atoms. The van der Waals surface area contributed by atoms with Crippen LogP contribution >= 0.6 is 11.6 Å². The molecule has 0 unspecified atom stereocenters. The minimum absolute atomic E-state index is 0.00244. The van der Waals surface area contributed by atoms with Crippen LogP contribution in [0.5, 0.6) is 11.5 Å². The number of phenolic OH excluding ortho intramolecular Hbond substituents is 1. The molecule has 5 nitrogen and oxygen atoms in total. The molecule has 1 amide bonds. The molecule has 2 rings (SSSR count). The van der Waals surface area contributed by atoms with E-state index in [1.165, 1.54) is 6.07 Å². The minimum Gasteiger partial charge on any atom is -0.506 e. The second kappa shape index (κ2) is 8.36. The van der Waals surface area contributed by atoms with Gasteiger partial charge in [0.15, 0.2) is 0 Å². The van der Waals surface area contributed by atoms with E-state index < -0.39 is 0 Å². The lowest BCUT2D eigenvalue weighted by atomic mass is 10.1. The van der Waals surface area contributed by atoms with Gasteiger partial charge in [0, 0.05) is 5.56 Å². The number of aromatic hydroxyl groups is 1. The van der Waals surface area contributed by atoms with E-state index in [-0.39, 0.29) is 16.7 Å². The van der Waals surface area contributed by atoms with Gasteiger partial charge in [0.05, 0.1) is 17.3 Å². The molecule has 2 aromatic rings. The smallest absolute Gasteiger partial charge is 0.271 e. The van der Waals surface area contributed by atoms with E-state index in [9.17, 15) is 9.90 Å². The van der Waals surface area contributed by atoms with Gasteiger partial charge in [0.25, 0.3) is 5.91 Å². The van der Waals surface area contributed by atoms with Gasteiger partial charge in [-0.3, -0.25) is 4.79 Å². The SMILES string of the molecule is CCCOc1ccc(C(=O)N/N=C(\C)c2ccc(O)c(Cl)c2)cc1. The summed E-state index contributed by atoms with van der Waals surface area (Å²) in [5.41, 5.74) is 4.27. The van der Waals surface area contributed by atoms with E-state index in [1.807, 2.05) is 6.92 Å². The summed E-state index contributed by atoms with van der Waals surface area (Å²) >= 11 is 5.86. The van der Waals surface area contributed by atoms with Gasteiger partial charge >= 0.3 is 0 Å². The molecule has 6 heteroatoms. The molecule has 0 saturated heterocycles. The Bertz CT molecular complexity index is 742. The zero-order valence-electron chi connectivity index (χ0n) is 13.5. The fourth-order valence-corrected chi connectivity index (χ4v) is 2.10. The molecule has 0 aliphatic heterocycles. The lowest BCUT2D eigenvalue weighted by Gasteiger charge is -2.06. The third-order valence-electron chi connectivity index (χ3n) is 3.28. The van der Waals surface area contributed by atoms with E-state index in [4.69, 9.17) is 16.3 Å². The van der Waals surface area contributed by atoms with Crippen LogP contribution < -0.4 is 10.2 Å². The third-order valence-corrected chi connectivity index (χ3v) is 3.58. The number of rotatable bonds is 6. The average molecular weight is 347 g/mol. The summed E-state index contributed by atoms with van der Waals surface area (Å²) in [4.78, 5) is 12.1. The van der Waals surface area contributed by atoms with Gasteiger partial charge in [0.2, 0.25) is 0 Å². The Balaban J connectivity index is 2.01. The van der Waals surface area contributed by atoms with Gasteiger partial charge in [-0.25, -0.2) is 5.43 Å². The van der Waals surface area contributed by atoms with Crippen LogP contribution in [-0.2, 0) is 0 Å². The maximum atomic E-state index is 12.1. The molecule has 0 radical (unpaired) electrons. The van der Waals surface area contributed by atoms with Crippen molar-refractivity contribution in [2.45, 2.75) is 20.3 Å². The van der Waals surface area contributed by atoms with Crippen LogP contribution in [0.15, 0.2) is 47.6 Å². The van der Waals surface area contributed by atoms with Crippen molar-refractivity contribution in [1.29, 1.82) is 0 Å². The maximum absolute atomic E-state index is 12.1. The number of hydrogen-bond acceptors (Lipinski definition) is 4. The number of nitrogens with one attached hydrogen (secondary N) is 1. The molecule has 0 fully saturated rings. The Morgan fingerprint density at radius 2 is 1.88 bits per heavy atom. The number of benzene rings is 2. The van der Waals surface area contributed by atoms with Crippen molar-refractivity contribution in [3.8, 4) is 11.5 Å². The van der Waals surface area contributed by atoms with E-state index in [2.05, 4.69) is 10.5 Å². The van der Waals surface area contributed by atoms with Gasteiger partial charge in [-0.2, -0.15) is 5.10 Å². The third kappa shape index (κ3) is 4.73. The number of halogens is 1. The molecular formula is C18H19ClN2O3. The van der Waals surface area contributed by atoms with Crippen molar-refractivity contribution >= 4 is 23.2 Å². The molecule has 0 spiro atoms. The number of phenols is 1. The Labute approximate surface area is 145 Å². The first-order chi connectivity index (χ1) is 11.5. The predicted octanol–water partition coefficient (Wildman–Crippen LogP) is 3.99. The maximum Gasteiger partial charge on any atom is 0.271 e. The topological polar surface area (TPSA) is 70.9 Å². The molecule has 0 aliphatic rings. The largest absolute Gasteiger partial charge is 0.506 e. The molecule has 0 heterocycles. The summed E-state index contributed by atoms with van der Waals surface area (Å²) in [6.07, 6.45) is 0.928. The van der Waals surface area contributed by atoms with Crippen LogP contribution in [0.4, 0.5) is 0 Å². The molecule has 0 aliphatic carbocycles. The zero-order valence-corrected chi connectivity index (χ0v) is 14.3. The van der Waals surface area contributed by atoms with E-state index in [0.717, 1.165) is 12.2 Å². The number of carbonyl (C=O) groups is 1. The Hall–Kier alpha value is -2.53. The zero-order chi connectivity index (χ0) is 17.5. The van der Waals surface area contributed by atoms with Gasteiger partial charge in [0.1, 0.15) is 11.5 Å². The highest BCUT2D eigenvalue weighted by molar-refractivity contribution is 6.32. The van der Waals surface area contributed by atoms with E-state index in [1.54, 1.807) is 43.3 Å². The summed E-state index contributed by atoms with van der Waals surface area (Å²) in [6, 6.07) is 11.6. The lowest BCUT2D eigenvalue weighted by molar-refractivity contribution is 0.0955. The molecular weight excluding hydrogens is 328 g/mol. The standard InChI is InChI=1S/C18H19ClN2O3/c1-3-10-24-15-7-4-13(5-8-15)18(23)21-20-12(2)14-6-9-17(22)16(19)11-14/h4-9,11,22H,3,10H2,1-2H3,(H,21,23)/b20-12+. The highest BCUT2D eigenvalue weighted by Crippen LogP contribution is 2.23. The summed E-state index contributed by atoms with van der Waals surface area (Å²) in [7, 11) is 0. The highest BCUT2D eigenvalue weighted by Gasteiger charge is 2.06. The Morgan fingerprint density at radius 1 is 1.21 bits per heavy atom. The molecule has 2 N–H and O–H groups in total. The fraction of sp³-hybridized carbons (Fsp3) is 0.222. The van der Waals surface area contributed by atoms with Crippen LogP contribution in [0, 0.1) is 0 Å². The fourth-order valence-electron chi connectivity index (χ4n) is 1.92. The van der Waals surface area contributed by atoms with Crippen molar-refractivity contribution in [3.63, 3.8) is 0 Å². The Kier molecular flexibility index (Phi) is 6.21. The van der Waals surface area contributed by atoms with Crippen molar-refractivity contribution in [1.82, 2.24) is 5.43 Å². The van der Waals surface area contributed by atoms with Crippen molar-refractivity contribution in [2.75, 3.05) is 6.61 Å². The van der Waals surface area contributed by atoms with Crippen LogP contribution in [0.3, 0.4) is 0 Å². The second-order valence-electron chi connectivity index (χ2n) is 5.18. The molecule has 0 saturated carbocycles. The molecule has 0 bridgehead atoms. The van der Waals surface area contributed by atoms with Gasteiger partial charge < -0.3 is 9.84 Å². The number of nitrogens with zero attached hydrogens (tertiary/aromatic N) is 1. The number of hydrazone groups is 1. The number of carbonyl (C=O) groups excluding carboxylic acids is 1. The van der Waals surface area contributed by atoms with Gasteiger partial charge in [-0.05, 0) is 61.4 Å². The molecule has 2 aromatic carbocycles. The van der Waals surface area contributed by atoms with Crippen LogP contribution in [-0.4, -0.2) is 23.3 Å². The number of ether oxygens (including phenoxy) is 1. The number of amides is 1.